The Bertz CT molecular complexity index is 916. The van der Waals surface area contributed by atoms with Crippen LogP contribution in [-0.2, 0) is 11.3 Å². The van der Waals surface area contributed by atoms with Crippen LogP contribution in [0.1, 0.15) is 5.56 Å². The van der Waals surface area contributed by atoms with E-state index in [0.717, 1.165) is 30.3 Å². The summed E-state index contributed by atoms with van der Waals surface area (Å²) in [6.07, 6.45) is 3.23. The van der Waals surface area contributed by atoms with Gasteiger partial charge in [0.05, 0.1) is 13.2 Å². The Balaban J connectivity index is 1.39. The minimum atomic E-state index is -0.306. The maximum atomic E-state index is 13.0. The van der Waals surface area contributed by atoms with Crippen molar-refractivity contribution in [1.82, 2.24) is 15.0 Å². The lowest BCUT2D eigenvalue weighted by molar-refractivity contribution is 0.122. The number of nitrogens with one attached hydrogen (secondary N) is 1. The smallest absolute Gasteiger partial charge is 0.219 e. The molecule has 0 saturated carbocycles. The van der Waals surface area contributed by atoms with Crippen LogP contribution in [0.5, 0.6) is 11.6 Å². The summed E-state index contributed by atoms with van der Waals surface area (Å²) in [4.78, 5) is 15.0. The Labute approximate surface area is 162 Å². The number of benzene rings is 1. The summed E-state index contributed by atoms with van der Waals surface area (Å²) in [5.74, 6) is 2.30. The monoisotopic (exact) mass is 381 g/mol. The van der Waals surface area contributed by atoms with Gasteiger partial charge in [-0.05, 0) is 35.9 Å². The Kier molecular flexibility index (Phi) is 5.58. The third-order valence-electron chi connectivity index (χ3n) is 4.30. The molecule has 0 bridgehead atoms. The van der Waals surface area contributed by atoms with E-state index in [1.54, 1.807) is 24.7 Å². The Morgan fingerprint density at radius 2 is 1.86 bits per heavy atom. The van der Waals surface area contributed by atoms with E-state index in [2.05, 4.69) is 25.2 Å². The van der Waals surface area contributed by atoms with Crippen molar-refractivity contribution < 1.29 is 13.9 Å². The molecule has 1 aliphatic heterocycles. The highest BCUT2D eigenvalue weighted by Gasteiger charge is 2.13. The second-order valence-electron chi connectivity index (χ2n) is 6.27. The van der Waals surface area contributed by atoms with Crippen LogP contribution in [-0.4, -0.2) is 41.3 Å². The average Bonchev–Trinajstić information content (AvgIpc) is 2.75. The van der Waals surface area contributed by atoms with Gasteiger partial charge < -0.3 is 19.7 Å². The molecule has 1 aromatic carbocycles. The van der Waals surface area contributed by atoms with Crippen LogP contribution in [0.4, 0.5) is 16.0 Å². The lowest BCUT2D eigenvalue weighted by Gasteiger charge is -2.27. The van der Waals surface area contributed by atoms with Crippen LogP contribution >= 0.6 is 0 Å². The molecular formula is C20H20FN5O2. The molecule has 1 saturated heterocycles. The summed E-state index contributed by atoms with van der Waals surface area (Å²) in [5.41, 5.74) is 0.985. The first kappa shape index (κ1) is 18.1. The molecule has 1 fully saturated rings. The van der Waals surface area contributed by atoms with Gasteiger partial charge >= 0.3 is 0 Å². The molecule has 4 rings (SSSR count). The van der Waals surface area contributed by atoms with E-state index in [-0.39, 0.29) is 5.82 Å². The van der Waals surface area contributed by atoms with Crippen LogP contribution in [0.15, 0.2) is 55.0 Å². The average molecular weight is 381 g/mol. The third kappa shape index (κ3) is 4.72. The molecule has 0 spiro atoms. The number of hydrogen-bond donors (Lipinski definition) is 1. The summed E-state index contributed by atoms with van der Waals surface area (Å²) < 4.78 is 24.1. The van der Waals surface area contributed by atoms with E-state index in [0.29, 0.717) is 31.4 Å². The number of nitrogens with zero attached hydrogens (tertiary/aromatic N) is 4. The molecule has 2 aromatic heterocycles. The molecule has 0 radical (unpaired) electrons. The fraction of sp³-hybridized carbons (Fsp3) is 0.250. The van der Waals surface area contributed by atoms with Crippen LogP contribution in [0.3, 0.4) is 0 Å². The molecule has 3 heterocycles. The fourth-order valence-electron chi connectivity index (χ4n) is 2.84. The molecule has 0 aliphatic carbocycles. The summed E-state index contributed by atoms with van der Waals surface area (Å²) in [5, 5.41) is 3.30. The normalized spacial score (nSPS) is 14.0. The van der Waals surface area contributed by atoms with Gasteiger partial charge in [-0.25, -0.2) is 19.3 Å². The number of aromatic nitrogens is 3. The second kappa shape index (κ2) is 8.62. The number of pyridine rings is 1. The van der Waals surface area contributed by atoms with Crippen LogP contribution < -0.4 is 15.0 Å². The zero-order valence-corrected chi connectivity index (χ0v) is 15.2. The Morgan fingerprint density at radius 1 is 1.04 bits per heavy atom. The molecule has 144 valence electrons. The third-order valence-corrected chi connectivity index (χ3v) is 4.30. The fourth-order valence-corrected chi connectivity index (χ4v) is 2.84. The topological polar surface area (TPSA) is 72.4 Å². The lowest BCUT2D eigenvalue weighted by atomic mass is 10.2. The minimum Gasteiger partial charge on any atom is -0.439 e. The highest BCUT2D eigenvalue weighted by Crippen LogP contribution is 2.21. The van der Waals surface area contributed by atoms with E-state index >= 15 is 0 Å². The maximum Gasteiger partial charge on any atom is 0.219 e. The van der Waals surface area contributed by atoms with Crippen LogP contribution in [0.25, 0.3) is 0 Å². The molecular weight excluding hydrogens is 361 g/mol. The van der Waals surface area contributed by atoms with Gasteiger partial charge in [0.25, 0.3) is 0 Å². The van der Waals surface area contributed by atoms with Gasteiger partial charge in [0.15, 0.2) is 0 Å². The lowest BCUT2D eigenvalue weighted by Crippen LogP contribution is -2.36. The molecule has 8 heteroatoms. The van der Waals surface area contributed by atoms with Gasteiger partial charge in [0.2, 0.25) is 5.88 Å². The standard InChI is InChI=1S/C20H20FN5O2/c21-16-1-3-17(4-2-16)28-20-11-15(5-6-22-20)13-23-18-12-19(25-14-24-18)26-7-9-27-10-8-26/h1-6,11-12,14H,7-10,13H2,(H,23,24,25). The quantitative estimate of drug-likeness (QED) is 0.703. The van der Waals surface area contributed by atoms with E-state index in [4.69, 9.17) is 9.47 Å². The number of halogens is 1. The van der Waals surface area contributed by atoms with E-state index in [1.165, 1.54) is 12.1 Å². The van der Waals surface area contributed by atoms with Crippen LogP contribution in [0.2, 0.25) is 0 Å². The summed E-state index contributed by atoms with van der Waals surface area (Å²) in [6.45, 7) is 3.62. The molecule has 0 unspecified atom stereocenters. The van der Waals surface area contributed by atoms with E-state index in [9.17, 15) is 4.39 Å². The van der Waals surface area contributed by atoms with Crippen molar-refractivity contribution in [2.24, 2.45) is 0 Å². The molecule has 7 nitrogen and oxygen atoms in total. The number of anilines is 2. The largest absolute Gasteiger partial charge is 0.439 e. The van der Waals surface area contributed by atoms with Gasteiger partial charge in [0.1, 0.15) is 29.5 Å². The SMILES string of the molecule is Fc1ccc(Oc2cc(CNc3cc(N4CCOCC4)ncn3)ccn2)cc1. The Hall–Kier alpha value is -3.26. The molecule has 1 N–H and O–H groups in total. The van der Waals surface area contributed by atoms with Gasteiger partial charge in [-0.3, -0.25) is 0 Å². The summed E-state index contributed by atoms with van der Waals surface area (Å²) in [6, 6.07) is 11.5. The van der Waals surface area contributed by atoms with Crippen molar-refractivity contribution in [3.63, 3.8) is 0 Å². The van der Waals surface area contributed by atoms with Crippen LogP contribution in [0, 0.1) is 5.82 Å². The maximum absolute atomic E-state index is 13.0. The zero-order valence-electron chi connectivity index (χ0n) is 15.2. The van der Waals surface area contributed by atoms with E-state index in [1.807, 2.05) is 18.2 Å². The van der Waals surface area contributed by atoms with Crippen molar-refractivity contribution in [3.8, 4) is 11.6 Å². The number of ether oxygens (including phenoxy) is 2. The van der Waals surface area contributed by atoms with Crippen molar-refractivity contribution >= 4 is 11.6 Å². The first-order valence-electron chi connectivity index (χ1n) is 9.03. The molecule has 28 heavy (non-hydrogen) atoms. The summed E-state index contributed by atoms with van der Waals surface area (Å²) >= 11 is 0. The van der Waals surface area contributed by atoms with E-state index < -0.39 is 0 Å². The summed E-state index contributed by atoms with van der Waals surface area (Å²) in [7, 11) is 0. The first-order valence-corrected chi connectivity index (χ1v) is 9.03. The van der Waals surface area contributed by atoms with Crippen molar-refractivity contribution in [2.75, 3.05) is 36.5 Å². The predicted octanol–water partition coefficient (Wildman–Crippen LogP) is 3.25. The number of morpholine rings is 1. The first-order chi connectivity index (χ1) is 13.8. The molecule has 0 atom stereocenters. The second-order valence-corrected chi connectivity index (χ2v) is 6.27. The van der Waals surface area contributed by atoms with Gasteiger partial charge in [-0.2, -0.15) is 0 Å². The van der Waals surface area contributed by atoms with Crippen molar-refractivity contribution in [3.05, 3.63) is 66.4 Å². The Morgan fingerprint density at radius 3 is 2.68 bits per heavy atom. The van der Waals surface area contributed by atoms with Crippen molar-refractivity contribution in [1.29, 1.82) is 0 Å². The minimum absolute atomic E-state index is 0.306. The highest BCUT2D eigenvalue weighted by molar-refractivity contribution is 5.49. The van der Waals surface area contributed by atoms with Gasteiger partial charge in [0, 0.05) is 38.0 Å². The number of hydrogen-bond acceptors (Lipinski definition) is 7. The number of rotatable bonds is 6. The molecule has 1 aliphatic rings. The predicted molar refractivity (Wildman–Crippen MR) is 103 cm³/mol. The molecule has 0 amide bonds. The van der Waals surface area contributed by atoms with Gasteiger partial charge in [-0.1, -0.05) is 0 Å². The molecule has 3 aromatic rings. The van der Waals surface area contributed by atoms with Gasteiger partial charge in [-0.15, -0.1) is 0 Å². The van der Waals surface area contributed by atoms with Crippen molar-refractivity contribution in [2.45, 2.75) is 6.54 Å². The zero-order chi connectivity index (χ0) is 19.2. The highest BCUT2D eigenvalue weighted by atomic mass is 19.1.